The van der Waals surface area contributed by atoms with Crippen LogP contribution in [-0.4, -0.2) is 21.0 Å². The number of aryl methyl sites for hydroxylation is 1. The normalized spacial score (nSPS) is 12.3. The second-order valence-electron chi connectivity index (χ2n) is 5.51. The van der Waals surface area contributed by atoms with Gasteiger partial charge in [-0.05, 0) is 38.5 Å². The number of benzene rings is 2. The lowest BCUT2D eigenvalue weighted by atomic mass is 10.0. The van der Waals surface area contributed by atoms with Gasteiger partial charge >= 0.3 is 5.97 Å². The van der Waals surface area contributed by atoms with Crippen LogP contribution in [0.5, 0.6) is 0 Å². The molecule has 132 valence electrons. The predicted octanol–water partition coefficient (Wildman–Crippen LogP) is 3.27. The molecule has 1 N–H and O–H groups in total. The number of carbonyl (C=O) groups is 1. The Labute approximate surface area is 148 Å². The van der Waals surface area contributed by atoms with Crippen LogP contribution in [0.3, 0.4) is 0 Å². The van der Waals surface area contributed by atoms with Gasteiger partial charge in [0.25, 0.3) is 10.0 Å². The number of rotatable bonds is 6. The molecule has 2 rings (SSSR count). The van der Waals surface area contributed by atoms with Gasteiger partial charge in [-0.15, -0.1) is 0 Å². The maximum Gasteiger partial charge on any atom is 0.340 e. The van der Waals surface area contributed by atoms with Crippen molar-refractivity contribution in [1.82, 2.24) is 4.72 Å². The van der Waals surface area contributed by atoms with Gasteiger partial charge in [0, 0.05) is 5.70 Å². The fourth-order valence-electron chi connectivity index (χ4n) is 2.32. The quantitative estimate of drug-likeness (QED) is 0.635. The second kappa shape index (κ2) is 7.98. The molecule has 0 unspecified atom stereocenters. The third kappa shape index (κ3) is 4.70. The molecule has 0 bridgehead atoms. The molecule has 0 heterocycles. The number of hydrogen-bond donors (Lipinski definition) is 1. The molecule has 0 aliphatic heterocycles. The zero-order chi connectivity index (χ0) is 18.4. The van der Waals surface area contributed by atoms with Crippen molar-refractivity contribution in [2.75, 3.05) is 6.61 Å². The molecule has 0 fully saturated rings. The Balaban J connectivity index is 2.44. The minimum Gasteiger partial charge on any atom is -0.462 e. The molecule has 0 atom stereocenters. The van der Waals surface area contributed by atoms with Gasteiger partial charge in [0.2, 0.25) is 0 Å². The van der Waals surface area contributed by atoms with Crippen LogP contribution in [0.15, 0.2) is 65.2 Å². The molecule has 0 saturated carbocycles. The minimum absolute atomic E-state index is 0.133. The van der Waals surface area contributed by atoms with E-state index in [-0.39, 0.29) is 22.8 Å². The van der Waals surface area contributed by atoms with Gasteiger partial charge in [0.15, 0.2) is 0 Å². The molecule has 0 aliphatic rings. The van der Waals surface area contributed by atoms with Crippen LogP contribution in [0, 0.1) is 6.92 Å². The topological polar surface area (TPSA) is 72.5 Å². The van der Waals surface area contributed by atoms with E-state index in [4.69, 9.17) is 4.74 Å². The summed E-state index contributed by atoms with van der Waals surface area (Å²) in [6.45, 7) is 5.33. The van der Waals surface area contributed by atoms with Crippen LogP contribution in [0.1, 0.15) is 25.0 Å². The summed E-state index contributed by atoms with van der Waals surface area (Å²) in [6, 6.07) is 15.3. The third-order valence-corrected chi connectivity index (χ3v) is 5.00. The van der Waals surface area contributed by atoms with Crippen LogP contribution < -0.4 is 4.72 Å². The summed E-state index contributed by atoms with van der Waals surface area (Å²) in [5.74, 6) is -0.571. The summed E-state index contributed by atoms with van der Waals surface area (Å²) in [4.78, 5) is 12.5. The Morgan fingerprint density at radius 2 is 1.64 bits per heavy atom. The zero-order valence-corrected chi connectivity index (χ0v) is 15.3. The Morgan fingerprint density at radius 1 is 1.04 bits per heavy atom. The first-order valence-corrected chi connectivity index (χ1v) is 9.36. The van der Waals surface area contributed by atoms with E-state index in [1.807, 2.05) is 13.0 Å². The van der Waals surface area contributed by atoms with Gasteiger partial charge in [-0.1, -0.05) is 48.0 Å². The van der Waals surface area contributed by atoms with Gasteiger partial charge < -0.3 is 4.74 Å². The molecule has 5 nitrogen and oxygen atoms in total. The molecule has 2 aromatic rings. The monoisotopic (exact) mass is 359 g/mol. The molecule has 25 heavy (non-hydrogen) atoms. The Morgan fingerprint density at radius 3 is 2.20 bits per heavy atom. The highest BCUT2D eigenvalue weighted by molar-refractivity contribution is 7.89. The van der Waals surface area contributed by atoms with E-state index in [2.05, 4.69) is 4.72 Å². The van der Waals surface area contributed by atoms with E-state index >= 15 is 0 Å². The predicted molar refractivity (Wildman–Crippen MR) is 97.2 cm³/mol. The maximum atomic E-state index is 12.6. The summed E-state index contributed by atoms with van der Waals surface area (Å²) in [7, 11) is -3.79. The number of ether oxygens (including phenoxy) is 1. The molecular weight excluding hydrogens is 338 g/mol. The number of sulfonamides is 1. The van der Waals surface area contributed by atoms with Gasteiger partial charge in [-0.25, -0.2) is 13.2 Å². The number of allylic oxidation sites excluding steroid dienone is 1. The highest BCUT2D eigenvalue weighted by Crippen LogP contribution is 2.21. The lowest BCUT2D eigenvalue weighted by Crippen LogP contribution is -2.24. The standard InChI is InChI=1S/C19H21NO4S/c1-4-24-19(21)18(16-8-6-5-7-9-16)15(3)20-25(22,23)17-12-10-14(2)11-13-17/h5-13,20H,4H2,1-3H3/b18-15+. The first-order valence-electron chi connectivity index (χ1n) is 7.88. The van der Waals surface area contributed by atoms with Crippen LogP contribution >= 0.6 is 0 Å². The fraction of sp³-hybridized carbons (Fsp3) is 0.211. The SMILES string of the molecule is CCOC(=O)/C(=C(\C)NS(=O)(=O)c1ccc(C)cc1)c1ccccc1. The second-order valence-corrected chi connectivity index (χ2v) is 7.19. The molecule has 0 amide bonds. The van der Waals surface area contributed by atoms with E-state index < -0.39 is 16.0 Å². The molecule has 2 aromatic carbocycles. The lowest BCUT2D eigenvalue weighted by Gasteiger charge is -2.14. The highest BCUT2D eigenvalue weighted by atomic mass is 32.2. The zero-order valence-electron chi connectivity index (χ0n) is 14.4. The molecular formula is C19H21NO4S. The van der Waals surface area contributed by atoms with Crippen LogP contribution in [0.2, 0.25) is 0 Å². The van der Waals surface area contributed by atoms with Crippen molar-refractivity contribution in [3.8, 4) is 0 Å². The summed E-state index contributed by atoms with van der Waals surface area (Å²) < 4.78 is 32.7. The maximum absolute atomic E-state index is 12.6. The minimum atomic E-state index is -3.79. The molecule has 0 spiro atoms. The van der Waals surface area contributed by atoms with Crippen LogP contribution in [0.4, 0.5) is 0 Å². The van der Waals surface area contributed by atoms with Gasteiger partial charge in [-0.3, -0.25) is 4.72 Å². The van der Waals surface area contributed by atoms with Crippen molar-refractivity contribution < 1.29 is 17.9 Å². The van der Waals surface area contributed by atoms with Gasteiger partial charge in [-0.2, -0.15) is 0 Å². The van der Waals surface area contributed by atoms with Gasteiger partial charge in [0.1, 0.15) is 0 Å². The molecule has 0 radical (unpaired) electrons. The van der Waals surface area contributed by atoms with Crippen molar-refractivity contribution in [2.45, 2.75) is 25.7 Å². The lowest BCUT2D eigenvalue weighted by molar-refractivity contribution is -0.136. The highest BCUT2D eigenvalue weighted by Gasteiger charge is 2.21. The molecule has 0 saturated heterocycles. The van der Waals surface area contributed by atoms with Crippen LogP contribution in [-0.2, 0) is 19.6 Å². The smallest absolute Gasteiger partial charge is 0.340 e. The Hall–Kier alpha value is -2.60. The van der Waals surface area contributed by atoms with E-state index in [1.165, 1.54) is 12.1 Å². The molecule has 0 aromatic heterocycles. The van der Waals surface area contributed by atoms with E-state index in [0.717, 1.165) is 5.56 Å². The largest absolute Gasteiger partial charge is 0.462 e. The third-order valence-electron chi connectivity index (χ3n) is 3.54. The van der Waals surface area contributed by atoms with Crippen molar-refractivity contribution in [3.63, 3.8) is 0 Å². The molecule has 6 heteroatoms. The number of hydrogen-bond acceptors (Lipinski definition) is 4. The van der Waals surface area contributed by atoms with Crippen molar-refractivity contribution >= 4 is 21.6 Å². The number of esters is 1. The molecule has 0 aliphatic carbocycles. The van der Waals surface area contributed by atoms with Crippen LogP contribution in [0.25, 0.3) is 5.57 Å². The summed E-state index contributed by atoms with van der Waals surface area (Å²) >= 11 is 0. The number of nitrogens with one attached hydrogen (secondary N) is 1. The summed E-state index contributed by atoms with van der Waals surface area (Å²) in [5.41, 5.74) is 1.95. The van der Waals surface area contributed by atoms with Crippen molar-refractivity contribution in [2.24, 2.45) is 0 Å². The number of carbonyl (C=O) groups excluding carboxylic acids is 1. The van der Waals surface area contributed by atoms with E-state index in [9.17, 15) is 13.2 Å². The van der Waals surface area contributed by atoms with E-state index in [1.54, 1.807) is 50.2 Å². The summed E-state index contributed by atoms with van der Waals surface area (Å²) in [6.07, 6.45) is 0. The Kier molecular flexibility index (Phi) is 5.98. The first-order chi connectivity index (χ1) is 11.8. The van der Waals surface area contributed by atoms with Crippen molar-refractivity contribution in [3.05, 3.63) is 71.4 Å². The average molecular weight is 359 g/mol. The Bertz CT molecular complexity index is 869. The fourth-order valence-corrected chi connectivity index (χ4v) is 3.44. The van der Waals surface area contributed by atoms with Gasteiger partial charge in [0.05, 0.1) is 17.1 Å². The van der Waals surface area contributed by atoms with E-state index in [0.29, 0.717) is 5.56 Å². The average Bonchev–Trinajstić information content (AvgIpc) is 2.56. The first kappa shape index (κ1) is 18.7. The summed E-state index contributed by atoms with van der Waals surface area (Å²) in [5, 5.41) is 0. The van der Waals surface area contributed by atoms with Crippen molar-refractivity contribution in [1.29, 1.82) is 0 Å².